The van der Waals surface area contributed by atoms with Crippen LogP contribution in [0.25, 0.3) is 10.9 Å². The van der Waals surface area contributed by atoms with Crippen LogP contribution in [0.3, 0.4) is 0 Å². The monoisotopic (exact) mass is 261 g/mol. The van der Waals surface area contributed by atoms with Crippen molar-refractivity contribution in [2.45, 2.75) is 6.92 Å². The van der Waals surface area contributed by atoms with E-state index in [4.69, 9.17) is 10.00 Å². The molecule has 0 N–H and O–H groups in total. The van der Waals surface area contributed by atoms with Gasteiger partial charge in [-0.15, -0.1) is 0 Å². The fourth-order valence-electron chi connectivity index (χ4n) is 1.92. The SMILES string of the molecule is Cc1ccc(C#N)c(Oc2ccc3cccnc3c2)n1. The Morgan fingerprint density at radius 3 is 2.90 bits per heavy atom. The van der Waals surface area contributed by atoms with Gasteiger partial charge in [0.15, 0.2) is 0 Å². The highest BCUT2D eigenvalue weighted by atomic mass is 16.5. The van der Waals surface area contributed by atoms with Crippen LogP contribution in [0.2, 0.25) is 0 Å². The van der Waals surface area contributed by atoms with Crippen LogP contribution in [0, 0.1) is 18.3 Å². The quantitative estimate of drug-likeness (QED) is 0.707. The predicted octanol–water partition coefficient (Wildman–Crippen LogP) is 3.60. The molecule has 0 atom stereocenters. The number of ether oxygens (including phenoxy) is 1. The Morgan fingerprint density at radius 2 is 2.05 bits per heavy atom. The Bertz CT molecular complexity index is 821. The lowest BCUT2D eigenvalue weighted by Gasteiger charge is -2.07. The summed E-state index contributed by atoms with van der Waals surface area (Å²) in [5.41, 5.74) is 2.06. The van der Waals surface area contributed by atoms with Crippen molar-refractivity contribution in [2.24, 2.45) is 0 Å². The number of aromatic nitrogens is 2. The van der Waals surface area contributed by atoms with E-state index < -0.39 is 0 Å². The van der Waals surface area contributed by atoms with Crippen LogP contribution < -0.4 is 4.74 Å². The number of rotatable bonds is 2. The lowest BCUT2D eigenvalue weighted by Crippen LogP contribution is -1.94. The van der Waals surface area contributed by atoms with E-state index in [2.05, 4.69) is 16.0 Å². The number of hydrogen-bond acceptors (Lipinski definition) is 4. The second kappa shape index (κ2) is 4.98. The summed E-state index contributed by atoms with van der Waals surface area (Å²) < 4.78 is 5.72. The molecule has 0 aliphatic rings. The molecule has 96 valence electrons. The van der Waals surface area contributed by atoms with Crippen LogP contribution in [0.15, 0.2) is 48.7 Å². The molecular weight excluding hydrogens is 250 g/mol. The summed E-state index contributed by atoms with van der Waals surface area (Å²) in [6.45, 7) is 1.86. The molecule has 2 heterocycles. The molecule has 20 heavy (non-hydrogen) atoms. The third kappa shape index (κ3) is 2.29. The van der Waals surface area contributed by atoms with Crippen LogP contribution in [-0.2, 0) is 0 Å². The average molecular weight is 261 g/mol. The largest absolute Gasteiger partial charge is 0.438 e. The Kier molecular flexibility index (Phi) is 3.02. The first-order valence-corrected chi connectivity index (χ1v) is 6.16. The molecule has 0 radical (unpaired) electrons. The molecule has 3 rings (SSSR count). The van der Waals surface area contributed by atoms with Crippen molar-refractivity contribution < 1.29 is 4.74 Å². The summed E-state index contributed by atoms with van der Waals surface area (Å²) in [7, 11) is 0. The van der Waals surface area contributed by atoms with Gasteiger partial charge in [0.2, 0.25) is 5.88 Å². The first-order chi connectivity index (χ1) is 9.76. The first kappa shape index (κ1) is 12.1. The number of nitrogens with zero attached hydrogens (tertiary/aromatic N) is 3. The number of aryl methyl sites for hydroxylation is 1. The minimum absolute atomic E-state index is 0.322. The molecule has 0 saturated heterocycles. The van der Waals surface area contributed by atoms with Crippen molar-refractivity contribution in [1.29, 1.82) is 5.26 Å². The van der Waals surface area contributed by atoms with Gasteiger partial charge in [-0.2, -0.15) is 5.26 Å². The van der Waals surface area contributed by atoms with Gasteiger partial charge in [-0.3, -0.25) is 4.98 Å². The topological polar surface area (TPSA) is 58.8 Å². The lowest BCUT2D eigenvalue weighted by atomic mass is 10.2. The fourth-order valence-corrected chi connectivity index (χ4v) is 1.92. The summed E-state index contributed by atoms with van der Waals surface area (Å²) in [5, 5.41) is 10.1. The maximum absolute atomic E-state index is 9.08. The molecule has 0 aliphatic heterocycles. The molecule has 0 bridgehead atoms. The molecule has 1 aromatic carbocycles. The van der Waals surface area contributed by atoms with Gasteiger partial charge in [0, 0.05) is 23.3 Å². The van der Waals surface area contributed by atoms with Gasteiger partial charge in [0.05, 0.1) is 5.52 Å². The minimum atomic E-state index is 0.322. The van der Waals surface area contributed by atoms with Crippen LogP contribution >= 0.6 is 0 Å². The minimum Gasteiger partial charge on any atom is -0.438 e. The summed E-state index contributed by atoms with van der Waals surface area (Å²) in [6.07, 6.45) is 1.73. The van der Waals surface area contributed by atoms with Gasteiger partial charge in [-0.1, -0.05) is 6.07 Å². The van der Waals surface area contributed by atoms with Gasteiger partial charge in [0.1, 0.15) is 17.4 Å². The standard InChI is InChI=1S/C16H11N3O/c1-11-4-5-13(10-17)16(19-11)20-14-7-6-12-3-2-8-18-15(12)9-14/h2-9H,1H3. The highest BCUT2D eigenvalue weighted by molar-refractivity contribution is 5.79. The van der Waals surface area contributed by atoms with Crippen molar-refractivity contribution >= 4 is 10.9 Å². The Balaban J connectivity index is 2.01. The van der Waals surface area contributed by atoms with Crippen molar-refractivity contribution in [3.8, 4) is 17.7 Å². The summed E-state index contributed by atoms with van der Waals surface area (Å²) in [4.78, 5) is 8.53. The van der Waals surface area contributed by atoms with E-state index in [9.17, 15) is 0 Å². The smallest absolute Gasteiger partial charge is 0.237 e. The van der Waals surface area contributed by atoms with Crippen molar-refractivity contribution in [1.82, 2.24) is 9.97 Å². The third-order valence-electron chi connectivity index (χ3n) is 2.91. The predicted molar refractivity (Wildman–Crippen MR) is 75.5 cm³/mol. The van der Waals surface area contributed by atoms with E-state index in [1.165, 1.54) is 0 Å². The molecule has 0 aliphatic carbocycles. The van der Waals surface area contributed by atoms with Gasteiger partial charge < -0.3 is 4.74 Å². The van der Waals surface area contributed by atoms with E-state index in [0.717, 1.165) is 16.6 Å². The zero-order valence-electron chi connectivity index (χ0n) is 10.9. The van der Waals surface area contributed by atoms with E-state index in [0.29, 0.717) is 17.2 Å². The Hall–Kier alpha value is -2.93. The second-order valence-corrected chi connectivity index (χ2v) is 4.38. The Morgan fingerprint density at radius 1 is 1.15 bits per heavy atom. The summed E-state index contributed by atoms with van der Waals surface area (Å²) in [6, 6.07) is 15.0. The number of hydrogen-bond donors (Lipinski definition) is 0. The normalized spacial score (nSPS) is 10.2. The molecule has 3 aromatic rings. The zero-order valence-corrected chi connectivity index (χ0v) is 10.9. The van der Waals surface area contributed by atoms with Crippen molar-refractivity contribution in [3.63, 3.8) is 0 Å². The molecule has 4 nitrogen and oxygen atoms in total. The zero-order chi connectivity index (χ0) is 13.9. The highest BCUT2D eigenvalue weighted by Crippen LogP contribution is 2.25. The summed E-state index contributed by atoms with van der Waals surface area (Å²) in [5.74, 6) is 0.939. The number of fused-ring (bicyclic) bond motifs is 1. The molecular formula is C16H11N3O. The van der Waals surface area contributed by atoms with Gasteiger partial charge in [0.25, 0.3) is 0 Å². The molecule has 0 unspecified atom stereocenters. The third-order valence-corrected chi connectivity index (χ3v) is 2.91. The molecule has 2 aromatic heterocycles. The molecule has 0 fully saturated rings. The van der Waals surface area contributed by atoms with Crippen LogP contribution in [0.4, 0.5) is 0 Å². The average Bonchev–Trinajstić information content (AvgIpc) is 2.47. The number of pyridine rings is 2. The Labute approximate surface area is 116 Å². The maximum atomic E-state index is 9.08. The molecule has 0 saturated carbocycles. The van der Waals surface area contributed by atoms with Gasteiger partial charge >= 0.3 is 0 Å². The fraction of sp³-hybridized carbons (Fsp3) is 0.0625. The lowest BCUT2D eigenvalue weighted by molar-refractivity contribution is 0.460. The van der Waals surface area contributed by atoms with E-state index in [1.807, 2.05) is 37.3 Å². The molecule has 0 amide bonds. The number of nitriles is 1. The number of benzene rings is 1. The van der Waals surface area contributed by atoms with E-state index in [-0.39, 0.29) is 0 Å². The summed E-state index contributed by atoms with van der Waals surface area (Å²) >= 11 is 0. The van der Waals surface area contributed by atoms with Gasteiger partial charge in [-0.05, 0) is 37.3 Å². The van der Waals surface area contributed by atoms with Crippen molar-refractivity contribution in [2.75, 3.05) is 0 Å². The van der Waals surface area contributed by atoms with Crippen LogP contribution in [0.5, 0.6) is 11.6 Å². The molecule has 0 spiro atoms. The van der Waals surface area contributed by atoms with Crippen LogP contribution in [0.1, 0.15) is 11.3 Å². The van der Waals surface area contributed by atoms with E-state index >= 15 is 0 Å². The molecule has 4 heteroatoms. The van der Waals surface area contributed by atoms with E-state index in [1.54, 1.807) is 18.3 Å². The first-order valence-electron chi connectivity index (χ1n) is 6.16. The van der Waals surface area contributed by atoms with Crippen molar-refractivity contribution in [3.05, 3.63) is 59.9 Å². The highest BCUT2D eigenvalue weighted by Gasteiger charge is 2.07. The van der Waals surface area contributed by atoms with Crippen LogP contribution in [-0.4, -0.2) is 9.97 Å². The maximum Gasteiger partial charge on any atom is 0.237 e. The second-order valence-electron chi connectivity index (χ2n) is 4.38. The van der Waals surface area contributed by atoms with Gasteiger partial charge in [-0.25, -0.2) is 4.98 Å².